The number of nitrogens with one attached hydrogen (secondary N) is 1. The van der Waals surface area contributed by atoms with E-state index in [2.05, 4.69) is 10.3 Å². The van der Waals surface area contributed by atoms with E-state index in [1.165, 1.54) is 23.5 Å². The molecule has 104 valence electrons. The number of thiazole rings is 1. The largest absolute Gasteiger partial charge is 0.346 e. The average Bonchev–Trinajstić information content (AvgIpc) is 2.81. The molecule has 0 aliphatic heterocycles. The highest BCUT2D eigenvalue weighted by atomic mass is 35.5. The Hall–Kier alpha value is -1.99. The second-order valence-corrected chi connectivity index (χ2v) is 5.46. The number of hydrogen-bond acceptors (Lipinski definition) is 5. The van der Waals surface area contributed by atoms with Gasteiger partial charge >= 0.3 is 0 Å². The predicted octanol–water partition coefficient (Wildman–Crippen LogP) is 2.94. The van der Waals surface area contributed by atoms with E-state index >= 15 is 0 Å². The number of nitrogens with zero attached hydrogens (tertiary/aromatic N) is 2. The van der Waals surface area contributed by atoms with E-state index in [1.807, 2.05) is 12.3 Å². The van der Waals surface area contributed by atoms with Crippen LogP contribution in [0.3, 0.4) is 0 Å². The lowest BCUT2D eigenvalue weighted by atomic mass is 10.1. The Morgan fingerprint density at radius 1 is 1.55 bits per heavy atom. The van der Waals surface area contributed by atoms with Gasteiger partial charge in [-0.2, -0.15) is 0 Å². The molecule has 0 radical (unpaired) electrons. The number of nitro benzene ring substituents is 1. The third-order valence-electron chi connectivity index (χ3n) is 2.50. The number of amides is 1. The fourth-order valence-corrected chi connectivity index (χ4v) is 2.38. The Morgan fingerprint density at radius 2 is 2.30 bits per heavy atom. The van der Waals surface area contributed by atoms with Crippen LogP contribution in [0.25, 0.3) is 0 Å². The minimum absolute atomic E-state index is 0.0219. The molecule has 6 nitrogen and oxygen atoms in total. The third-order valence-corrected chi connectivity index (χ3v) is 3.56. The SMILES string of the molecule is Cc1nc(CNC(=O)c2ccc(Cl)cc2[N+](=O)[O-])cs1. The van der Waals surface area contributed by atoms with Crippen molar-refractivity contribution in [1.82, 2.24) is 10.3 Å². The number of hydrogen-bond donors (Lipinski definition) is 1. The van der Waals surface area contributed by atoms with E-state index in [0.717, 1.165) is 16.8 Å². The van der Waals surface area contributed by atoms with Gasteiger partial charge in [0.05, 0.1) is 22.2 Å². The molecule has 0 atom stereocenters. The molecule has 0 saturated heterocycles. The molecule has 1 N–H and O–H groups in total. The van der Waals surface area contributed by atoms with Crippen molar-refractivity contribution in [2.75, 3.05) is 0 Å². The number of nitro groups is 1. The van der Waals surface area contributed by atoms with Crippen LogP contribution in [-0.4, -0.2) is 15.8 Å². The molecule has 0 bridgehead atoms. The normalized spacial score (nSPS) is 10.3. The van der Waals surface area contributed by atoms with Gasteiger partial charge in [-0.15, -0.1) is 11.3 Å². The molecule has 1 heterocycles. The van der Waals surface area contributed by atoms with Gasteiger partial charge in [-0.1, -0.05) is 11.6 Å². The Balaban J connectivity index is 2.15. The van der Waals surface area contributed by atoms with Gasteiger partial charge in [-0.3, -0.25) is 14.9 Å². The first kappa shape index (κ1) is 14.4. The van der Waals surface area contributed by atoms with Gasteiger partial charge in [0.1, 0.15) is 5.56 Å². The Labute approximate surface area is 123 Å². The highest BCUT2D eigenvalue weighted by molar-refractivity contribution is 7.09. The first-order valence-corrected chi connectivity index (χ1v) is 6.86. The molecule has 0 saturated carbocycles. The molecular formula is C12H10ClN3O3S. The van der Waals surface area contributed by atoms with Crippen molar-refractivity contribution in [3.05, 3.63) is 55.0 Å². The quantitative estimate of drug-likeness (QED) is 0.695. The van der Waals surface area contributed by atoms with E-state index in [9.17, 15) is 14.9 Å². The monoisotopic (exact) mass is 311 g/mol. The van der Waals surface area contributed by atoms with Crippen LogP contribution in [0.2, 0.25) is 5.02 Å². The van der Waals surface area contributed by atoms with Crippen LogP contribution in [-0.2, 0) is 6.54 Å². The van der Waals surface area contributed by atoms with Gasteiger partial charge in [-0.05, 0) is 19.1 Å². The highest BCUT2D eigenvalue weighted by Gasteiger charge is 2.20. The predicted molar refractivity (Wildman–Crippen MR) is 76.1 cm³/mol. The van der Waals surface area contributed by atoms with Crippen molar-refractivity contribution in [3.63, 3.8) is 0 Å². The molecule has 1 aromatic carbocycles. The van der Waals surface area contributed by atoms with E-state index in [0.29, 0.717) is 0 Å². The summed E-state index contributed by atoms with van der Waals surface area (Å²) in [6.07, 6.45) is 0. The third kappa shape index (κ3) is 3.31. The summed E-state index contributed by atoms with van der Waals surface area (Å²) in [5.41, 5.74) is 0.383. The minimum Gasteiger partial charge on any atom is -0.346 e. The number of aryl methyl sites for hydroxylation is 1. The van der Waals surface area contributed by atoms with Gasteiger partial charge in [0.2, 0.25) is 0 Å². The molecule has 20 heavy (non-hydrogen) atoms. The smallest absolute Gasteiger partial charge is 0.283 e. The molecule has 8 heteroatoms. The van der Waals surface area contributed by atoms with Crippen LogP contribution in [0, 0.1) is 17.0 Å². The number of rotatable bonds is 4. The van der Waals surface area contributed by atoms with Crippen LogP contribution in [0.4, 0.5) is 5.69 Å². The van der Waals surface area contributed by atoms with Gasteiger partial charge < -0.3 is 5.32 Å². The molecule has 2 aromatic rings. The van der Waals surface area contributed by atoms with Gasteiger partial charge in [0.25, 0.3) is 11.6 Å². The van der Waals surface area contributed by atoms with Crippen molar-refractivity contribution in [2.45, 2.75) is 13.5 Å². The number of carbonyl (C=O) groups is 1. The summed E-state index contributed by atoms with van der Waals surface area (Å²) >= 11 is 7.17. The van der Waals surface area contributed by atoms with Crippen LogP contribution in [0.5, 0.6) is 0 Å². The Morgan fingerprint density at radius 3 is 2.90 bits per heavy atom. The van der Waals surface area contributed by atoms with Crippen molar-refractivity contribution < 1.29 is 9.72 Å². The average molecular weight is 312 g/mol. The molecule has 0 aliphatic carbocycles. The summed E-state index contributed by atoms with van der Waals surface area (Å²) in [5.74, 6) is -0.529. The standard InChI is InChI=1S/C12H10ClN3O3S/c1-7-15-9(6-20-7)5-14-12(17)10-3-2-8(13)4-11(10)16(18)19/h2-4,6H,5H2,1H3,(H,14,17). The summed E-state index contributed by atoms with van der Waals surface area (Å²) in [7, 11) is 0. The van der Waals surface area contributed by atoms with E-state index < -0.39 is 10.8 Å². The Kier molecular flexibility index (Phi) is 4.31. The zero-order chi connectivity index (χ0) is 14.7. The summed E-state index contributed by atoms with van der Waals surface area (Å²) in [6.45, 7) is 2.09. The Bertz CT molecular complexity index is 672. The van der Waals surface area contributed by atoms with Crippen LogP contribution in [0.1, 0.15) is 21.1 Å². The van der Waals surface area contributed by atoms with E-state index in [4.69, 9.17) is 11.6 Å². The summed E-state index contributed by atoms with van der Waals surface area (Å²) in [6, 6.07) is 3.93. The van der Waals surface area contributed by atoms with E-state index in [-0.39, 0.29) is 22.8 Å². The lowest BCUT2D eigenvalue weighted by molar-refractivity contribution is -0.385. The lowest BCUT2D eigenvalue weighted by Gasteiger charge is -2.04. The zero-order valence-electron chi connectivity index (χ0n) is 10.4. The fraction of sp³-hybridized carbons (Fsp3) is 0.167. The molecule has 1 aromatic heterocycles. The molecule has 1 amide bonds. The van der Waals surface area contributed by atoms with E-state index in [1.54, 1.807) is 0 Å². The maximum atomic E-state index is 12.0. The molecular weight excluding hydrogens is 302 g/mol. The molecule has 0 fully saturated rings. The topological polar surface area (TPSA) is 85.1 Å². The number of benzene rings is 1. The summed E-state index contributed by atoms with van der Waals surface area (Å²) in [5, 5.41) is 16.4. The van der Waals surface area contributed by atoms with Gasteiger partial charge in [0.15, 0.2) is 0 Å². The minimum atomic E-state index is -0.631. The van der Waals surface area contributed by atoms with Crippen molar-refractivity contribution >= 4 is 34.5 Å². The van der Waals surface area contributed by atoms with Crippen LogP contribution >= 0.6 is 22.9 Å². The maximum absolute atomic E-state index is 12.0. The first-order chi connectivity index (χ1) is 9.47. The summed E-state index contributed by atoms with van der Waals surface area (Å²) in [4.78, 5) is 26.5. The zero-order valence-corrected chi connectivity index (χ0v) is 12.0. The number of aromatic nitrogens is 1. The molecule has 0 unspecified atom stereocenters. The van der Waals surface area contributed by atoms with Crippen molar-refractivity contribution in [2.24, 2.45) is 0 Å². The molecule has 0 spiro atoms. The van der Waals surface area contributed by atoms with Gasteiger partial charge in [0, 0.05) is 16.5 Å². The van der Waals surface area contributed by atoms with Gasteiger partial charge in [-0.25, -0.2) is 4.98 Å². The number of halogens is 1. The number of carbonyl (C=O) groups excluding carboxylic acids is 1. The second-order valence-electron chi connectivity index (χ2n) is 3.96. The molecule has 2 rings (SSSR count). The van der Waals surface area contributed by atoms with Crippen LogP contribution in [0.15, 0.2) is 23.6 Å². The molecule has 0 aliphatic rings. The lowest BCUT2D eigenvalue weighted by Crippen LogP contribution is -2.23. The highest BCUT2D eigenvalue weighted by Crippen LogP contribution is 2.23. The summed E-state index contributed by atoms with van der Waals surface area (Å²) < 4.78 is 0. The first-order valence-electron chi connectivity index (χ1n) is 5.60. The second kappa shape index (κ2) is 5.98. The van der Waals surface area contributed by atoms with Crippen molar-refractivity contribution in [3.8, 4) is 0 Å². The fourth-order valence-electron chi connectivity index (χ4n) is 1.60. The maximum Gasteiger partial charge on any atom is 0.283 e. The van der Waals surface area contributed by atoms with Crippen LogP contribution < -0.4 is 5.32 Å². The van der Waals surface area contributed by atoms with Crippen molar-refractivity contribution in [1.29, 1.82) is 0 Å².